The minimum atomic E-state index is -0.581. The van der Waals surface area contributed by atoms with Crippen molar-refractivity contribution in [1.29, 1.82) is 0 Å². The van der Waals surface area contributed by atoms with Crippen molar-refractivity contribution in [3.63, 3.8) is 0 Å². The van der Waals surface area contributed by atoms with Crippen molar-refractivity contribution in [3.8, 4) is 5.75 Å². The van der Waals surface area contributed by atoms with Crippen LogP contribution in [0.2, 0.25) is 0 Å². The Bertz CT molecular complexity index is 767. The first-order valence-corrected chi connectivity index (χ1v) is 9.61. The number of fused-ring (bicyclic) bond motifs is 1. The van der Waals surface area contributed by atoms with Crippen molar-refractivity contribution < 1.29 is 19.1 Å². The number of nitrogens with zero attached hydrogens (tertiary/aromatic N) is 1. The molecule has 1 amide bonds. The van der Waals surface area contributed by atoms with E-state index in [2.05, 4.69) is 0 Å². The summed E-state index contributed by atoms with van der Waals surface area (Å²) in [5.41, 5.74) is 7.64. The number of methoxy groups -OCH3 is 1. The number of alkyl halides is 1. The van der Waals surface area contributed by atoms with Crippen LogP contribution in [0.5, 0.6) is 5.75 Å². The van der Waals surface area contributed by atoms with Crippen molar-refractivity contribution in [3.05, 3.63) is 53.3 Å². The first-order valence-electron chi connectivity index (χ1n) is 8.02. The Hall–Kier alpha value is -1.67. The van der Waals surface area contributed by atoms with E-state index < -0.39 is 12.0 Å². The van der Waals surface area contributed by atoms with Gasteiger partial charge in [-0.05, 0) is 23.3 Å². The van der Waals surface area contributed by atoms with Crippen LogP contribution < -0.4 is 10.5 Å². The predicted octanol–water partition coefficient (Wildman–Crippen LogP) is 2.45. The Balaban J connectivity index is 0.00000261. The van der Waals surface area contributed by atoms with Gasteiger partial charge in [0, 0.05) is 11.6 Å². The molecule has 2 unspecified atom stereocenters. The third kappa shape index (κ3) is 4.43. The van der Waals surface area contributed by atoms with Crippen LogP contribution in [0.25, 0.3) is 0 Å². The van der Waals surface area contributed by atoms with E-state index in [-0.39, 0.29) is 36.0 Å². The molecule has 0 spiro atoms. The Labute approximate surface area is 173 Å². The van der Waals surface area contributed by atoms with Gasteiger partial charge in [-0.1, -0.05) is 24.3 Å². The number of nitrogens with two attached hydrogens (primary N) is 1. The lowest BCUT2D eigenvalue weighted by atomic mass is 10.0. The lowest BCUT2D eigenvalue weighted by Gasteiger charge is -2.48. The van der Waals surface area contributed by atoms with Gasteiger partial charge in [-0.25, -0.2) is 4.79 Å². The second-order valence-corrected chi connectivity index (χ2v) is 7.20. The van der Waals surface area contributed by atoms with Crippen molar-refractivity contribution >= 4 is 47.6 Å². The van der Waals surface area contributed by atoms with Gasteiger partial charge < -0.3 is 15.2 Å². The first kappa shape index (κ1) is 21.6. The molecule has 6 nitrogen and oxygen atoms in total. The number of benzene rings is 1. The molecule has 2 N–H and O–H groups in total. The molecule has 1 aromatic carbocycles. The summed E-state index contributed by atoms with van der Waals surface area (Å²) < 4.78 is 10.5. The summed E-state index contributed by atoms with van der Waals surface area (Å²) in [5, 5.41) is -0.223. The molecule has 2 aliphatic rings. The number of allylic oxidation sites excluding steroid dienone is 2. The number of esters is 1. The summed E-state index contributed by atoms with van der Waals surface area (Å²) in [5.74, 6) is 0.807. The van der Waals surface area contributed by atoms with Crippen LogP contribution in [-0.2, 0) is 20.9 Å². The summed E-state index contributed by atoms with van der Waals surface area (Å²) in [7, 11) is 1.59. The second-order valence-electron chi connectivity index (χ2n) is 5.79. The van der Waals surface area contributed by atoms with Crippen LogP contribution in [0.1, 0.15) is 5.56 Å². The van der Waals surface area contributed by atoms with Crippen LogP contribution in [-0.4, -0.2) is 46.9 Å². The maximum atomic E-state index is 12.7. The largest absolute Gasteiger partial charge is 0.497 e. The van der Waals surface area contributed by atoms with E-state index in [1.807, 2.05) is 12.1 Å². The molecular weight excluding hydrogens is 411 g/mol. The van der Waals surface area contributed by atoms with Gasteiger partial charge in [0.25, 0.3) is 0 Å². The molecule has 0 aromatic heterocycles. The molecular formula is C18H20Cl2N2O4S. The van der Waals surface area contributed by atoms with Gasteiger partial charge >= 0.3 is 5.97 Å². The summed E-state index contributed by atoms with van der Waals surface area (Å²) in [4.78, 5) is 26.3. The van der Waals surface area contributed by atoms with Crippen molar-refractivity contribution in [2.24, 2.45) is 5.73 Å². The molecule has 1 aromatic rings. The molecule has 0 saturated carbocycles. The number of rotatable bonds is 6. The monoisotopic (exact) mass is 430 g/mol. The summed E-state index contributed by atoms with van der Waals surface area (Å²) in [6, 6.07) is 6.64. The van der Waals surface area contributed by atoms with Gasteiger partial charge in [0.1, 0.15) is 29.5 Å². The van der Waals surface area contributed by atoms with Gasteiger partial charge in [0.15, 0.2) is 0 Å². The highest BCUT2D eigenvalue weighted by Gasteiger charge is 2.51. The minimum absolute atomic E-state index is 0. The Kier molecular flexibility index (Phi) is 7.61. The minimum Gasteiger partial charge on any atom is -0.497 e. The standard InChI is InChI=1S/C18H19ClN2O4S.ClH/c1-24-13-6-4-11(5-7-13)9-25-18(23)15-12(3-2-8-19)10-26-17-14(20)16(22)21(15)17;/h2-7,14,17H,8-10,20H2,1H3;1H/b3-2-;. The number of halogens is 2. The number of carbonyl (C=O) groups is 2. The number of hydrogen-bond donors (Lipinski definition) is 1. The van der Waals surface area contributed by atoms with Gasteiger partial charge in [-0.2, -0.15) is 0 Å². The SMILES string of the molecule is COc1ccc(COC(=O)C2=C(/C=C\CCl)CSC3C(N)C(=O)N23)cc1.Cl. The zero-order valence-electron chi connectivity index (χ0n) is 14.6. The fourth-order valence-electron chi connectivity index (χ4n) is 2.78. The van der Waals surface area contributed by atoms with Gasteiger partial charge in [-0.3, -0.25) is 9.69 Å². The molecule has 1 saturated heterocycles. The average Bonchev–Trinajstić information content (AvgIpc) is 2.69. The molecule has 2 heterocycles. The number of hydrogen-bond acceptors (Lipinski definition) is 6. The van der Waals surface area contributed by atoms with E-state index in [0.29, 0.717) is 17.2 Å². The predicted molar refractivity (Wildman–Crippen MR) is 108 cm³/mol. The molecule has 0 bridgehead atoms. The fourth-order valence-corrected chi connectivity index (χ4v) is 4.14. The lowest BCUT2D eigenvalue weighted by Crippen LogP contribution is -2.68. The van der Waals surface area contributed by atoms with Crippen LogP contribution in [0, 0.1) is 0 Å². The number of ether oxygens (including phenoxy) is 2. The van der Waals surface area contributed by atoms with Crippen LogP contribution >= 0.6 is 35.8 Å². The third-order valence-corrected chi connectivity index (χ3v) is 5.67. The summed E-state index contributed by atoms with van der Waals surface area (Å²) >= 11 is 7.23. The summed E-state index contributed by atoms with van der Waals surface area (Å²) in [6.07, 6.45) is 3.50. The Morgan fingerprint density at radius 2 is 2.11 bits per heavy atom. The van der Waals surface area contributed by atoms with E-state index >= 15 is 0 Å². The number of β-lactam (4-membered cyclic amide) rings is 1. The molecule has 3 rings (SSSR count). The average molecular weight is 431 g/mol. The van der Waals surface area contributed by atoms with Crippen molar-refractivity contribution in [1.82, 2.24) is 4.90 Å². The van der Waals surface area contributed by atoms with E-state index in [0.717, 1.165) is 11.3 Å². The normalized spacial score (nSPS) is 21.4. The number of carbonyl (C=O) groups excluding carboxylic acids is 2. The first-order chi connectivity index (χ1) is 12.6. The lowest BCUT2D eigenvalue weighted by molar-refractivity contribution is -0.151. The van der Waals surface area contributed by atoms with Gasteiger partial charge in [0.2, 0.25) is 5.91 Å². The van der Waals surface area contributed by atoms with E-state index in [4.69, 9.17) is 26.8 Å². The summed E-state index contributed by atoms with van der Waals surface area (Å²) in [6.45, 7) is 0.102. The number of amides is 1. The Morgan fingerprint density at radius 1 is 1.41 bits per heavy atom. The van der Waals surface area contributed by atoms with Gasteiger partial charge in [-0.15, -0.1) is 35.8 Å². The highest BCUT2D eigenvalue weighted by Crippen LogP contribution is 2.40. The molecule has 0 radical (unpaired) electrons. The topological polar surface area (TPSA) is 81.9 Å². The molecule has 1 fully saturated rings. The zero-order chi connectivity index (χ0) is 18.7. The molecule has 2 aliphatic heterocycles. The fraction of sp³-hybridized carbons (Fsp3) is 0.333. The van der Waals surface area contributed by atoms with Crippen LogP contribution in [0.3, 0.4) is 0 Å². The second kappa shape index (κ2) is 9.50. The molecule has 9 heteroatoms. The molecule has 0 aliphatic carbocycles. The number of thioether (sulfide) groups is 1. The van der Waals surface area contributed by atoms with E-state index in [9.17, 15) is 9.59 Å². The van der Waals surface area contributed by atoms with Crippen LogP contribution in [0.4, 0.5) is 0 Å². The van der Waals surface area contributed by atoms with Crippen molar-refractivity contribution in [2.45, 2.75) is 18.0 Å². The van der Waals surface area contributed by atoms with Gasteiger partial charge in [0.05, 0.1) is 7.11 Å². The van der Waals surface area contributed by atoms with Crippen LogP contribution in [0.15, 0.2) is 47.7 Å². The molecule has 27 heavy (non-hydrogen) atoms. The highest BCUT2D eigenvalue weighted by atomic mass is 35.5. The quantitative estimate of drug-likeness (QED) is 0.424. The molecule has 2 atom stereocenters. The highest BCUT2D eigenvalue weighted by molar-refractivity contribution is 8.00. The van der Waals surface area contributed by atoms with E-state index in [1.165, 1.54) is 16.7 Å². The zero-order valence-corrected chi connectivity index (χ0v) is 17.0. The molecule has 146 valence electrons. The maximum absolute atomic E-state index is 12.7. The van der Waals surface area contributed by atoms with E-state index in [1.54, 1.807) is 31.4 Å². The maximum Gasteiger partial charge on any atom is 0.355 e. The Morgan fingerprint density at radius 3 is 2.74 bits per heavy atom. The van der Waals surface area contributed by atoms with Crippen molar-refractivity contribution in [2.75, 3.05) is 18.7 Å². The smallest absolute Gasteiger partial charge is 0.355 e. The third-order valence-electron chi connectivity index (χ3n) is 4.17.